The molecule has 1 N–H and O–H groups in total. The lowest BCUT2D eigenvalue weighted by Crippen LogP contribution is -2.09. The number of hydrogen-bond acceptors (Lipinski definition) is 4. The van der Waals surface area contributed by atoms with E-state index in [-0.39, 0.29) is 11.7 Å². The maximum atomic E-state index is 13.2. The lowest BCUT2D eigenvalue weighted by molar-refractivity contribution is -0.111. The number of para-hydroxylation sites is 1. The van der Waals surface area contributed by atoms with E-state index in [0.717, 1.165) is 16.3 Å². The standard InChI is InChI=1S/C21H19FN2O2S/c1-14-11-17(22)8-9-19(14)24-21(25)10-7-16-5-3-4-6-20(16)26-12-18-13-27-15(2)23-18/h3-11,13H,12H2,1-2H3,(H,24,25)/b10-7+. The van der Waals surface area contributed by atoms with Crippen LogP contribution in [0.25, 0.3) is 6.08 Å². The first-order valence-corrected chi connectivity index (χ1v) is 9.27. The molecule has 0 aliphatic carbocycles. The van der Waals surface area contributed by atoms with Crippen LogP contribution in [0.15, 0.2) is 53.9 Å². The summed E-state index contributed by atoms with van der Waals surface area (Å²) in [6.07, 6.45) is 3.12. The van der Waals surface area contributed by atoms with Crippen LogP contribution in [0.4, 0.5) is 10.1 Å². The fourth-order valence-electron chi connectivity index (χ4n) is 2.48. The molecule has 1 aromatic heterocycles. The Morgan fingerprint density at radius 2 is 2.07 bits per heavy atom. The summed E-state index contributed by atoms with van der Waals surface area (Å²) in [5.74, 6) is 0.0437. The van der Waals surface area contributed by atoms with Crippen LogP contribution in [0, 0.1) is 19.7 Å². The topological polar surface area (TPSA) is 51.2 Å². The third kappa shape index (κ3) is 5.24. The van der Waals surface area contributed by atoms with Crippen LogP contribution in [0.3, 0.4) is 0 Å². The van der Waals surface area contributed by atoms with E-state index < -0.39 is 0 Å². The second-order valence-corrected chi connectivity index (χ2v) is 7.03. The first-order chi connectivity index (χ1) is 13.0. The van der Waals surface area contributed by atoms with E-state index >= 15 is 0 Å². The fraction of sp³-hybridized carbons (Fsp3) is 0.143. The summed E-state index contributed by atoms with van der Waals surface area (Å²) < 4.78 is 19.0. The molecule has 0 aliphatic heterocycles. The summed E-state index contributed by atoms with van der Waals surface area (Å²) in [6, 6.07) is 11.7. The van der Waals surface area contributed by atoms with Gasteiger partial charge in [-0.1, -0.05) is 18.2 Å². The summed E-state index contributed by atoms with van der Waals surface area (Å²) in [5, 5.41) is 5.71. The number of aromatic nitrogens is 1. The van der Waals surface area contributed by atoms with Crippen LogP contribution >= 0.6 is 11.3 Å². The van der Waals surface area contributed by atoms with Gasteiger partial charge >= 0.3 is 0 Å². The molecule has 27 heavy (non-hydrogen) atoms. The van der Waals surface area contributed by atoms with Crippen molar-refractivity contribution in [2.75, 3.05) is 5.32 Å². The van der Waals surface area contributed by atoms with Gasteiger partial charge in [-0.15, -0.1) is 11.3 Å². The molecule has 0 bridgehead atoms. The van der Waals surface area contributed by atoms with Crippen LogP contribution in [-0.2, 0) is 11.4 Å². The van der Waals surface area contributed by atoms with E-state index in [4.69, 9.17) is 4.74 Å². The van der Waals surface area contributed by atoms with Gasteiger partial charge in [-0.3, -0.25) is 4.79 Å². The lowest BCUT2D eigenvalue weighted by atomic mass is 10.1. The van der Waals surface area contributed by atoms with Gasteiger partial charge in [-0.05, 0) is 49.8 Å². The van der Waals surface area contributed by atoms with E-state index in [1.165, 1.54) is 18.2 Å². The van der Waals surface area contributed by atoms with Gasteiger partial charge in [0, 0.05) is 22.7 Å². The highest BCUT2D eigenvalue weighted by Crippen LogP contribution is 2.22. The molecule has 2 aromatic carbocycles. The van der Waals surface area contributed by atoms with Crippen molar-refractivity contribution in [1.29, 1.82) is 0 Å². The average molecular weight is 382 g/mol. The van der Waals surface area contributed by atoms with Crippen LogP contribution in [-0.4, -0.2) is 10.9 Å². The highest BCUT2D eigenvalue weighted by atomic mass is 32.1. The molecule has 0 fully saturated rings. The molecule has 1 heterocycles. The first kappa shape index (κ1) is 18.8. The Bertz CT molecular complexity index is 982. The Morgan fingerprint density at radius 1 is 1.26 bits per heavy atom. The predicted octanol–water partition coefficient (Wildman–Crippen LogP) is 5.13. The smallest absolute Gasteiger partial charge is 0.248 e. The third-order valence-electron chi connectivity index (χ3n) is 3.82. The van der Waals surface area contributed by atoms with E-state index in [1.54, 1.807) is 30.4 Å². The number of thiazole rings is 1. The zero-order valence-corrected chi connectivity index (χ0v) is 15.8. The normalized spacial score (nSPS) is 10.9. The number of anilines is 1. The molecular weight excluding hydrogens is 363 g/mol. The molecule has 1 amide bonds. The molecule has 3 aromatic rings. The Morgan fingerprint density at radius 3 is 2.81 bits per heavy atom. The molecule has 6 heteroatoms. The molecule has 0 saturated carbocycles. The SMILES string of the molecule is Cc1nc(COc2ccccc2/C=C/C(=O)Nc2ccc(F)cc2C)cs1. The Hall–Kier alpha value is -2.99. The molecule has 0 spiro atoms. The van der Waals surface area contributed by atoms with Crippen LogP contribution in [0.1, 0.15) is 21.8 Å². The van der Waals surface area contributed by atoms with Gasteiger partial charge in [-0.2, -0.15) is 0 Å². The fourth-order valence-corrected chi connectivity index (χ4v) is 3.08. The Labute approximate surface area is 161 Å². The summed E-state index contributed by atoms with van der Waals surface area (Å²) >= 11 is 1.58. The molecule has 138 valence electrons. The third-order valence-corrected chi connectivity index (χ3v) is 4.64. The number of hydrogen-bond donors (Lipinski definition) is 1. The van der Waals surface area contributed by atoms with Gasteiger partial charge in [0.1, 0.15) is 18.2 Å². The van der Waals surface area contributed by atoms with Crippen molar-refractivity contribution in [3.8, 4) is 5.75 Å². The van der Waals surface area contributed by atoms with Crippen molar-refractivity contribution in [3.63, 3.8) is 0 Å². The zero-order valence-electron chi connectivity index (χ0n) is 15.0. The maximum Gasteiger partial charge on any atom is 0.248 e. The molecule has 4 nitrogen and oxygen atoms in total. The monoisotopic (exact) mass is 382 g/mol. The van der Waals surface area contributed by atoms with E-state index in [2.05, 4.69) is 10.3 Å². The van der Waals surface area contributed by atoms with Crippen molar-refractivity contribution in [3.05, 3.63) is 81.6 Å². The van der Waals surface area contributed by atoms with E-state index in [9.17, 15) is 9.18 Å². The second kappa shape index (κ2) is 8.60. The molecule has 0 saturated heterocycles. The first-order valence-electron chi connectivity index (χ1n) is 8.39. The molecule has 0 unspecified atom stereocenters. The molecular formula is C21H19FN2O2S. The Balaban J connectivity index is 1.66. The van der Waals surface area contributed by atoms with E-state index in [1.807, 2.05) is 36.6 Å². The number of aryl methyl sites for hydroxylation is 2. The maximum absolute atomic E-state index is 13.2. The summed E-state index contributed by atoms with van der Waals surface area (Å²) in [5.41, 5.74) is 2.91. The number of ether oxygens (including phenoxy) is 1. The van der Waals surface area contributed by atoms with Gasteiger partial charge in [0.25, 0.3) is 0 Å². The van der Waals surface area contributed by atoms with E-state index in [0.29, 0.717) is 23.6 Å². The zero-order chi connectivity index (χ0) is 19.2. The van der Waals surface area contributed by atoms with Gasteiger partial charge in [0.05, 0.1) is 10.7 Å². The van der Waals surface area contributed by atoms with Crippen LogP contribution in [0.5, 0.6) is 5.75 Å². The number of amides is 1. The minimum Gasteiger partial charge on any atom is -0.487 e. The minimum atomic E-state index is -0.331. The Kier molecular flexibility index (Phi) is 5.98. The number of nitrogens with zero attached hydrogens (tertiary/aromatic N) is 1. The second-order valence-electron chi connectivity index (χ2n) is 5.97. The quantitative estimate of drug-likeness (QED) is 0.601. The molecule has 3 rings (SSSR count). The highest BCUT2D eigenvalue weighted by Gasteiger charge is 2.05. The number of carbonyl (C=O) groups is 1. The van der Waals surface area contributed by atoms with Gasteiger partial charge in [0.15, 0.2) is 0 Å². The van der Waals surface area contributed by atoms with Crippen LogP contribution < -0.4 is 10.1 Å². The number of benzene rings is 2. The average Bonchev–Trinajstić information content (AvgIpc) is 3.06. The van der Waals surface area contributed by atoms with Crippen molar-refractivity contribution in [2.45, 2.75) is 20.5 Å². The van der Waals surface area contributed by atoms with Crippen molar-refractivity contribution in [2.24, 2.45) is 0 Å². The van der Waals surface area contributed by atoms with Crippen LogP contribution in [0.2, 0.25) is 0 Å². The van der Waals surface area contributed by atoms with Gasteiger partial charge < -0.3 is 10.1 Å². The highest BCUT2D eigenvalue weighted by molar-refractivity contribution is 7.09. The largest absolute Gasteiger partial charge is 0.487 e. The predicted molar refractivity (Wildman–Crippen MR) is 106 cm³/mol. The van der Waals surface area contributed by atoms with Gasteiger partial charge in [0.2, 0.25) is 5.91 Å². The summed E-state index contributed by atoms with van der Waals surface area (Å²) in [6.45, 7) is 4.06. The van der Waals surface area contributed by atoms with Gasteiger partial charge in [-0.25, -0.2) is 9.37 Å². The molecule has 0 atom stereocenters. The number of nitrogens with one attached hydrogen (secondary N) is 1. The number of halogens is 1. The van der Waals surface area contributed by atoms with Crippen molar-refractivity contribution < 1.29 is 13.9 Å². The number of carbonyl (C=O) groups excluding carboxylic acids is 1. The van der Waals surface area contributed by atoms with Crippen molar-refractivity contribution in [1.82, 2.24) is 4.98 Å². The number of rotatable bonds is 6. The molecule has 0 radical (unpaired) electrons. The lowest BCUT2D eigenvalue weighted by Gasteiger charge is -2.08. The van der Waals surface area contributed by atoms with Crippen molar-refractivity contribution >= 4 is 29.0 Å². The summed E-state index contributed by atoms with van der Waals surface area (Å²) in [4.78, 5) is 16.6. The molecule has 0 aliphatic rings. The summed E-state index contributed by atoms with van der Waals surface area (Å²) in [7, 11) is 0. The minimum absolute atomic E-state index is 0.297.